The summed E-state index contributed by atoms with van der Waals surface area (Å²) in [5.41, 5.74) is 8.90. The lowest BCUT2D eigenvalue weighted by Crippen LogP contribution is -2.09. The Bertz CT molecular complexity index is 2920. The molecular formula is C45H26N2O3. The molecule has 0 atom stereocenters. The number of para-hydroxylation sites is 2. The molecular weight excluding hydrogens is 617 g/mol. The number of anilines is 3. The van der Waals surface area contributed by atoms with Gasteiger partial charge in [-0.2, -0.15) is 0 Å². The van der Waals surface area contributed by atoms with Crippen LogP contribution in [0.2, 0.25) is 0 Å². The highest BCUT2D eigenvalue weighted by Gasteiger charge is 2.19. The van der Waals surface area contributed by atoms with Crippen molar-refractivity contribution in [2.75, 3.05) is 4.90 Å². The van der Waals surface area contributed by atoms with Crippen molar-refractivity contribution >= 4 is 93.6 Å². The van der Waals surface area contributed by atoms with Gasteiger partial charge in [0.25, 0.3) is 0 Å². The van der Waals surface area contributed by atoms with Gasteiger partial charge in [-0.25, -0.2) is 4.98 Å². The largest absolute Gasteiger partial charge is 0.455 e. The molecule has 3 heterocycles. The number of hydrogen-bond donors (Lipinski definition) is 0. The summed E-state index contributed by atoms with van der Waals surface area (Å²) in [6.45, 7) is 0. The Morgan fingerprint density at radius 1 is 0.380 bits per heavy atom. The maximum Gasteiger partial charge on any atom is 0.227 e. The van der Waals surface area contributed by atoms with E-state index in [1.54, 1.807) is 0 Å². The summed E-state index contributed by atoms with van der Waals surface area (Å²) in [5, 5.41) is 8.92. The number of fused-ring (bicyclic) bond motifs is 11. The van der Waals surface area contributed by atoms with E-state index in [9.17, 15) is 0 Å². The van der Waals surface area contributed by atoms with E-state index in [1.165, 1.54) is 0 Å². The van der Waals surface area contributed by atoms with Crippen LogP contribution in [0.3, 0.4) is 0 Å². The molecule has 0 N–H and O–H groups in total. The Balaban J connectivity index is 1.09. The fraction of sp³-hybridized carbons (Fsp3) is 0. The molecule has 3 aromatic heterocycles. The Kier molecular flexibility index (Phi) is 5.60. The van der Waals surface area contributed by atoms with Crippen molar-refractivity contribution in [3.63, 3.8) is 0 Å². The van der Waals surface area contributed by atoms with Crippen LogP contribution in [-0.4, -0.2) is 4.98 Å². The summed E-state index contributed by atoms with van der Waals surface area (Å²) in [5.74, 6) is 0.594. The van der Waals surface area contributed by atoms with Gasteiger partial charge in [0.05, 0.1) is 0 Å². The molecule has 11 aromatic rings. The first-order chi connectivity index (χ1) is 24.7. The average Bonchev–Trinajstić information content (AvgIpc) is 3.88. The van der Waals surface area contributed by atoms with Crippen LogP contribution in [0.5, 0.6) is 0 Å². The van der Waals surface area contributed by atoms with Gasteiger partial charge in [-0.3, -0.25) is 0 Å². The van der Waals surface area contributed by atoms with E-state index in [4.69, 9.17) is 18.2 Å². The van der Waals surface area contributed by atoms with E-state index in [-0.39, 0.29) is 0 Å². The van der Waals surface area contributed by atoms with Gasteiger partial charge in [-0.1, -0.05) is 72.8 Å². The van der Waals surface area contributed by atoms with Crippen LogP contribution in [0.1, 0.15) is 0 Å². The highest BCUT2D eigenvalue weighted by Crippen LogP contribution is 2.43. The lowest BCUT2D eigenvalue weighted by atomic mass is 10.0. The lowest BCUT2D eigenvalue weighted by Gasteiger charge is -2.25. The Hall–Kier alpha value is -6.85. The first-order valence-corrected chi connectivity index (χ1v) is 16.7. The number of oxazole rings is 1. The minimum atomic E-state index is 0.594. The van der Waals surface area contributed by atoms with Crippen LogP contribution in [0, 0.1) is 0 Å². The van der Waals surface area contributed by atoms with Gasteiger partial charge in [0.15, 0.2) is 5.58 Å². The quantitative estimate of drug-likeness (QED) is 0.191. The summed E-state index contributed by atoms with van der Waals surface area (Å²) >= 11 is 0. The third-order valence-electron chi connectivity index (χ3n) is 9.88. The highest BCUT2D eigenvalue weighted by molar-refractivity contribution is 6.17. The van der Waals surface area contributed by atoms with Crippen LogP contribution in [0.4, 0.5) is 17.1 Å². The predicted octanol–water partition coefficient (Wildman–Crippen LogP) is 13.1. The van der Waals surface area contributed by atoms with Crippen molar-refractivity contribution in [2.24, 2.45) is 0 Å². The van der Waals surface area contributed by atoms with E-state index >= 15 is 0 Å². The molecule has 0 spiro atoms. The summed E-state index contributed by atoms with van der Waals surface area (Å²) in [4.78, 5) is 6.96. The normalized spacial score (nSPS) is 12.0. The lowest BCUT2D eigenvalue weighted by molar-refractivity contribution is 0.620. The smallest absolute Gasteiger partial charge is 0.227 e. The van der Waals surface area contributed by atoms with Gasteiger partial charge in [0, 0.05) is 67.1 Å². The SMILES string of the molecule is c1ccc2c(c1)ccc1c3ccc(N(c4ccc(-c5nc6ccccc6o5)cc4)c4ccc5c(c4)oc4c6ccccc6ccc54)cc3oc21. The molecule has 0 amide bonds. The Morgan fingerprint density at radius 3 is 1.50 bits per heavy atom. The van der Waals surface area contributed by atoms with Crippen molar-refractivity contribution in [2.45, 2.75) is 0 Å². The van der Waals surface area contributed by atoms with E-state index in [0.717, 1.165) is 99.1 Å². The maximum atomic E-state index is 6.62. The molecule has 0 unspecified atom stereocenters. The number of rotatable bonds is 4. The fourth-order valence-electron chi connectivity index (χ4n) is 7.46. The number of hydrogen-bond acceptors (Lipinski definition) is 5. The van der Waals surface area contributed by atoms with Crippen LogP contribution in [-0.2, 0) is 0 Å². The van der Waals surface area contributed by atoms with E-state index in [2.05, 4.69) is 138 Å². The third-order valence-corrected chi connectivity index (χ3v) is 9.88. The number of aromatic nitrogens is 1. The fourth-order valence-corrected chi connectivity index (χ4v) is 7.46. The first-order valence-electron chi connectivity index (χ1n) is 16.7. The zero-order valence-electron chi connectivity index (χ0n) is 26.6. The summed E-state index contributed by atoms with van der Waals surface area (Å²) in [6, 6.07) is 54.5. The summed E-state index contributed by atoms with van der Waals surface area (Å²) in [6.07, 6.45) is 0. The second-order valence-electron chi connectivity index (χ2n) is 12.8. The second-order valence-corrected chi connectivity index (χ2v) is 12.8. The molecule has 0 saturated heterocycles. The molecule has 0 aliphatic heterocycles. The Labute approximate surface area is 285 Å². The molecule has 8 aromatic carbocycles. The molecule has 0 aliphatic rings. The van der Waals surface area contributed by atoms with Crippen LogP contribution in [0.25, 0.3) is 88.0 Å². The minimum Gasteiger partial charge on any atom is -0.455 e. The molecule has 0 saturated carbocycles. The average molecular weight is 643 g/mol. The van der Waals surface area contributed by atoms with E-state index < -0.39 is 0 Å². The van der Waals surface area contributed by atoms with Gasteiger partial charge in [-0.05, 0) is 83.6 Å². The standard InChI is InChI=1S/C45H26N2O3/c1-3-9-33-27(7-1)15-21-37-35-23-19-31(25-41(35)48-43(33)37)47(30-17-13-29(14-18-30)45-46-39-11-5-6-12-40(39)50-45)32-20-24-36-38-22-16-28-8-2-4-10-34(28)44(38)49-42(36)26-32/h1-26H. The van der Waals surface area contributed by atoms with Gasteiger partial charge >= 0.3 is 0 Å². The maximum absolute atomic E-state index is 6.62. The van der Waals surface area contributed by atoms with Gasteiger partial charge in [0.2, 0.25) is 5.89 Å². The highest BCUT2D eigenvalue weighted by atomic mass is 16.3. The molecule has 5 nitrogen and oxygen atoms in total. The molecule has 0 radical (unpaired) electrons. The minimum absolute atomic E-state index is 0.594. The van der Waals surface area contributed by atoms with E-state index in [0.29, 0.717) is 5.89 Å². The third kappa shape index (κ3) is 4.04. The Morgan fingerprint density at radius 2 is 0.900 bits per heavy atom. The molecule has 50 heavy (non-hydrogen) atoms. The van der Waals surface area contributed by atoms with Crippen LogP contribution in [0.15, 0.2) is 171 Å². The van der Waals surface area contributed by atoms with Crippen LogP contribution < -0.4 is 4.90 Å². The number of furan rings is 2. The molecule has 0 fully saturated rings. The monoisotopic (exact) mass is 642 g/mol. The van der Waals surface area contributed by atoms with Gasteiger partial charge < -0.3 is 18.2 Å². The topological polar surface area (TPSA) is 55.6 Å². The number of benzene rings is 8. The zero-order valence-corrected chi connectivity index (χ0v) is 26.6. The molecule has 0 aliphatic carbocycles. The molecule has 5 heteroatoms. The molecule has 11 rings (SSSR count). The van der Waals surface area contributed by atoms with Gasteiger partial charge in [-0.15, -0.1) is 0 Å². The zero-order chi connectivity index (χ0) is 32.8. The number of nitrogens with zero attached hydrogens (tertiary/aromatic N) is 2. The van der Waals surface area contributed by atoms with Crippen molar-refractivity contribution in [1.82, 2.24) is 4.98 Å². The van der Waals surface area contributed by atoms with Crippen LogP contribution >= 0.6 is 0 Å². The van der Waals surface area contributed by atoms with Crippen molar-refractivity contribution in [3.8, 4) is 11.5 Å². The van der Waals surface area contributed by atoms with E-state index in [1.807, 2.05) is 24.3 Å². The first kappa shape index (κ1) is 27.1. The summed E-state index contributed by atoms with van der Waals surface area (Å²) in [7, 11) is 0. The van der Waals surface area contributed by atoms with Crippen molar-refractivity contribution in [3.05, 3.63) is 158 Å². The molecule has 234 valence electrons. The van der Waals surface area contributed by atoms with Crippen molar-refractivity contribution < 1.29 is 13.3 Å². The summed E-state index contributed by atoms with van der Waals surface area (Å²) < 4.78 is 19.3. The van der Waals surface area contributed by atoms with Crippen molar-refractivity contribution in [1.29, 1.82) is 0 Å². The van der Waals surface area contributed by atoms with Gasteiger partial charge in [0.1, 0.15) is 27.8 Å². The predicted molar refractivity (Wildman–Crippen MR) is 204 cm³/mol. The second kappa shape index (κ2) is 10.3. The molecule has 0 bridgehead atoms.